The van der Waals surface area contributed by atoms with E-state index in [1.165, 1.54) is 7.11 Å². The highest BCUT2D eigenvalue weighted by atomic mass is 16.5. The minimum Gasteiger partial charge on any atom is -0.496 e. The van der Waals surface area contributed by atoms with E-state index in [1.807, 2.05) is 26.0 Å². The monoisotopic (exact) mass is 401 g/mol. The molecule has 0 saturated carbocycles. The number of aromatic nitrogens is 3. The van der Waals surface area contributed by atoms with Gasteiger partial charge in [-0.2, -0.15) is 5.26 Å². The van der Waals surface area contributed by atoms with Crippen molar-refractivity contribution in [2.75, 3.05) is 20.0 Å². The van der Waals surface area contributed by atoms with Gasteiger partial charge in [0, 0.05) is 5.56 Å². The van der Waals surface area contributed by atoms with Crippen LogP contribution < -0.4 is 10.5 Å². The average Bonchev–Trinajstić information content (AvgIpc) is 3.01. The van der Waals surface area contributed by atoms with Crippen LogP contribution in [0.3, 0.4) is 0 Å². The van der Waals surface area contributed by atoms with Crippen LogP contribution in [0.25, 0.3) is 27.9 Å². The van der Waals surface area contributed by atoms with Crippen LogP contribution in [-0.4, -0.2) is 34.7 Å². The minimum atomic E-state index is -0.473. The van der Waals surface area contributed by atoms with E-state index in [-0.39, 0.29) is 11.4 Å². The number of hydrogen-bond donors (Lipinski definition) is 1. The summed E-state index contributed by atoms with van der Waals surface area (Å²) in [5, 5.41) is 9.76. The average molecular weight is 401 g/mol. The molecule has 0 fully saturated rings. The molecule has 4 aromatic rings. The summed E-state index contributed by atoms with van der Waals surface area (Å²) in [6.45, 7) is 3.88. The van der Waals surface area contributed by atoms with Crippen molar-refractivity contribution < 1.29 is 14.3 Å². The predicted molar refractivity (Wildman–Crippen MR) is 113 cm³/mol. The third-order valence-corrected chi connectivity index (χ3v) is 5.15. The first-order valence-electron chi connectivity index (χ1n) is 9.16. The Kier molecular flexibility index (Phi) is 4.51. The van der Waals surface area contributed by atoms with Gasteiger partial charge in [0.2, 0.25) is 0 Å². The highest BCUT2D eigenvalue weighted by molar-refractivity contribution is 5.97. The molecule has 0 atom stereocenters. The van der Waals surface area contributed by atoms with Crippen molar-refractivity contribution in [3.8, 4) is 17.5 Å². The molecule has 4 rings (SSSR count). The molecule has 8 nitrogen and oxygen atoms in total. The summed E-state index contributed by atoms with van der Waals surface area (Å²) < 4.78 is 12.0. The molecule has 150 valence electrons. The van der Waals surface area contributed by atoms with Gasteiger partial charge < -0.3 is 15.2 Å². The summed E-state index contributed by atoms with van der Waals surface area (Å²) >= 11 is 0. The topological polar surface area (TPSA) is 116 Å². The molecule has 30 heavy (non-hydrogen) atoms. The van der Waals surface area contributed by atoms with E-state index < -0.39 is 5.97 Å². The lowest BCUT2D eigenvalue weighted by molar-refractivity contribution is 0.0601. The van der Waals surface area contributed by atoms with Crippen LogP contribution in [0, 0.1) is 25.2 Å². The zero-order valence-electron chi connectivity index (χ0n) is 17.0. The molecule has 2 aromatic heterocycles. The Hall–Kier alpha value is -4.12. The van der Waals surface area contributed by atoms with E-state index in [1.54, 1.807) is 29.9 Å². The van der Waals surface area contributed by atoms with Crippen molar-refractivity contribution in [2.45, 2.75) is 13.8 Å². The zero-order chi connectivity index (χ0) is 21.6. The van der Waals surface area contributed by atoms with Crippen LogP contribution >= 0.6 is 0 Å². The highest BCUT2D eigenvalue weighted by Gasteiger charge is 2.23. The van der Waals surface area contributed by atoms with Gasteiger partial charge in [-0.15, -0.1) is 0 Å². The van der Waals surface area contributed by atoms with E-state index in [0.29, 0.717) is 33.5 Å². The molecule has 0 unspecified atom stereocenters. The lowest BCUT2D eigenvalue weighted by atomic mass is 10.1. The summed E-state index contributed by atoms with van der Waals surface area (Å²) in [5.74, 6) is 0.473. The molecule has 0 aliphatic carbocycles. The van der Waals surface area contributed by atoms with Crippen molar-refractivity contribution in [1.29, 1.82) is 5.26 Å². The molecule has 2 heterocycles. The van der Waals surface area contributed by atoms with Gasteiger partial charge in [0.05, 0.1) is 36.5 Å². The van der Waals surface area contributed by atoms with Crippen LogP contribution in [0.15, 0.2) is 30.3 Å². The number of rotatable bonds is 3. The second-order valence-electron chi connectivity index (χ2n) is 6.86. The van der Waals surface area contributed by atoms with Crippen molar-refractivity contribution in [3.63, 3.8) is 0 Å². The maximum Gasteiger partial charge on any atom is 0.337 e. The fourth-order valence-corrected chi connectivity index (χ4v) is 3.68. The number of fused-ring (bicyclic) bond motifs is 2. The smallest absolute Gasteiger partial charge is 0.337 e. The van der Waals surface area contributed by atoms with Crippen LogP contribution in [-0.2, 0) is 4.74 Å². The number of methoxy groups -OCH3 is 2. The van der Waals surface area contributed by atoms with E-state index >= 15 is 0 Å². The van der Waals surface area contributed by atoms with Gasteiger partial charge in [-0.25, -0.2) is 14.8 Å². The van der Waals surface area contributed by atoms with Crippen LogP contribution in [0.4, 0.5) is 5.82 Å². The molecule has 0 radical (unpaired) electrons. The molecular formula is C22H19N5O3. The first-order chi connectivity index (χ1) is 14.4. The molecule has 2 aromatic carbocycles. The van der Waals surface area contributed by atoms with Crippen molar-refractivity contribution in [2.24, 2.45) is 0 Å². The Morgan fingerprint density at radius 2 is 1.90 bits per heavy atom. The number of benzene rings is 2. The number of nitriles is 1. The molecular weight excluding hydrogens is 382 g/mol. The molecule has 8 heteroatoms. The first kappa shape index (κ1) is 19.2. The molecule has 0 saturated heterocycles. The minimum absolute atomic E-state index is 0.226. The van der Waals surface area contributed by atoms with E-state index in [0.717, 1.165) is 16.8 Å². The highest BCUT2D eigenvalue weighted by Crippen LogP contribution is 2.35. The number of aryl methyl sites for hydroxylation is 1. The maximum absolute atomic E-state index is 11.9. The second-order valence-corrected chi connectivity index (χ2v) is 6.86. The summed E-state index contributed by atoms with van der Waals surface area (Å²) in [5.41, 5.74) is 11.4. The number of anilines is 1. The molecule has 0 aliphatic rings. The van der Waals surface area contributed by atoms with Gasteiger partial charge >= 0.3 is 5.97 Å². The number of carbonyl (C=O) groups excluding carboxylic acids is 1. The predicted octanol–water partition coefficient (Wildman–Crippen LogP) is 3.44. The maximum atomic E-state index is 11.9. The van der Waals surface area contributed by atoms with Gasteiger partial charge in [0.15, 0.2) is 5.65 Å². The second kappa shape index (κ2) is 7.04. The fraction of sp³-hybridized carbons (Fsp3) is 0.182. The van der Waals surface area contributed by atoms with E-state index in [2.05, 4.69) is 11.1 Å². The Balaban J connectivity index is 2.10. The third-order valence-electron chi connectivity index (χ3n) is 5.15. The summed E-state index contributed by atoms with van der Waals surface area (Å²) in [6, 6.07) is 10.9. The number of nitrogens with two attached hydrogens (primary N) is 1. The summed E-state index contributed by atoms with van der Waals surface area (Å²) in [4.78, 5) is 21.2. The molecule has 0 spiro atoms. The normalized spacial score (nSPS) is 10.9. The number of carbonyl (C=O) groups is 1. The lowest BCUT2D eigenvalue weighted by Gasteiger charge is -2.16. The van der Waals surface area contributed by atoms with Gasteiger partial charge in [0.25, 0.3) is 0 Å². The van der Waals surface area contributed by atoms with Gasteiger partial charge in [-0.05, 0) is 43.7 Å². The van der Waals surface area contributed by atoms with Crippen molar-refractivity contribution >= 4 is 34.0 Å². The summed E-state index contributed by atoms with van der Waals surface area (Å²) in [6.07, 6.45) is 0. The molecule has 2 N–H and O–H groups in total. The number of nitrogen functional groups attached to an aromatic ring is 1. The molecule has 0 aliphatic heterocycles. The zero-order valence-corrected chi connectivity index (χ0v) is 17.0. The van der Waals surface area contributed by atoms with Gasteiger partial charge in [-0.3, -0.25) is 4.57 Å². The van der Waals surface area contributed by atoms with Crippen molar-refractivity contribution in [3.05, 3.63) is 52.6 Å². The summed E-state index contributed by atoms with van der Waals surface area (Å²) in [7, 11) is 2.92. The number of esters is 1. The van der Waals surface area contributed by atoms with Crippen LogP contribution in [0.1, 0.15) is 27.0 Å². The number of nitrogens with zero attached hydrogens (tertiary/aromatic N) is 4. The number of hydrogen-bond acceptors (Lipinski definition) is 7. The Morgan fingerprint density at radius 1 is 1.13 bits per heavy atom. The van der Waals surface area contributed by atoms with Crippen LogP contribution in [0.2, 0.25) is 0 Å². The lowest BCUT2D eigenvalue weighted by Crippen LogP contribution is -2.07. The van der Waals surface area contributed by atoms with Crippen molar-refractivity contribution in [1.82, 2.24) is 14.5 Å². The van der Waals surface area contributed by atoms with E-state index in [9.17, 15) is 10.1 Å². The Morgan fingerprint density at radius 3 is 2.57 bits per heavy atom. The van der Waals surface area contributed by atoms with Crippen LogP contribution in [0.5, 0.6) is 5.75 Å². The number of ether oxygens (including phenoxy) is 2. The third kappa shape index (κ3) is 2.71. The quantitative estimate of drug-likeness (QED) is 0.523. The van der Waals surface area contributed by atoms with Gasteiger partial charge in [0.1, 0.15) is 28.7 Å². The Bertz CT molecular complexity index is 1380. The molecule has 0 amide bonds. The standard InChI is InChI=1S/C22H19N5O3/c1-11-5-8-17(29-3)12(2)19(11)27-20(24)14(10-23)18-21(27)26-15-7-6-13(22(28)30-4)9-16(15)25-18/h5-9H,24H2,1-4H3. The SMILES string of the molecule is COC(=O)c1ccc2nc3c(nc2c1)c(C#N)c(N)n3-c1c(C)ccc(OC)c1C. The first-order valence-corrected chi connectivity index (χ1v) is 9.16. The molecule has 0 bridgehead atoms. The van der Waals surface area contributed by atoms with E-state index in [4.69, 9.17) is 20.2 Å². The largest absolute Gasteiger partial charge is 0.496 e. The van der Waals surface area contributed by atoms with Gasteiger partial charge in [-0.1, -0.05) is 6.07 Å². The Labute approximate surface area is 172 Å². The fourth-order valence-electron chi connectivity index (χ4n) is 3.68.